The molecule has 0 radical (unpaired) electrons. The second kappa shape index (κ2) is 13.6. The van der Waals surface area contributed by atoms with Crippen LogP contribution in [0.25, 0.3) is 0 Å². The van der Waals surface area contributed by atoms with E-state index >= 15 is 0 Å². The zero-order valence-electron chi connectivity index (χ0n) is 14.8. The molecule has 1 saturated heterocycles. The molecule has 1 heterocycles. The van der Waals surface area contributed by atoms with E-state index in [2.05, 4.69) is 31.7 Å². The Labute approximate surface area is 145 Å². The summed E-state index contributed by atoms with van der Waals surface area (Å²) in [7, 11) is 0. The molecule has 0 amide bonds. The summed E-state index contributed by atoms with van der Waals surface area (Å²) in [5.74, 6) is 0. The van der Waals surface area contributed by atoms with E-state index in [1.165, 1.54) is 76.6 Å². The molecular formula is C19H34LiN. The molecule has 0 N–H and O–H groups in total. The molecule has 0 saturated carbocycles. The van der Waals surface area contributed by atoms with Gasteiger partial charge >= 0.3 is 18.9 Å². The molecule has 1 rings (SSSR count). The first-order chi connectivity index (χ1) is 9.72. The fraction of sp³-hybridized carbons (Fsp3) is 0.737. The summed E-state index contributed by atoms with van der Waals surface area (Å²) in [6.07, 6.45) is 16.4. The average molecular weight is 283 g/mol. The average Bonchev–Trinajstić information content (AvgIpc) is 2.72. The van der Waals surface area contributed by atoms with Crippen LogP contribution in [0.1, 0.15) is 71.6 Å². The van der Waals surface area contributed by atoms with Gasteiger partial charge in [0.05, 0.1) is 0 Å². The zero-order valence-corrected chi connectivity index (χ0v) is 14.8. The van der Waals surface area contributed by atoms with Gasteiger partial charge in [0.25, 0.3) is 0 Å². The summed E-state index contributed by atoms with van der Waals surface area (Å²) in [4.78, 5) is 2.68. The maximum atomic E-state index is 3.81. The van der Waals surface area contributed by atoms with Crippen LogP contribution < -0.4 is 18.9 Å². The van der Waals surface area contributed by atoms with Gasteiger partial charge in [-0.15, -0.1) is 6.92 Å². The van der Waals surface area contributed by atoms with E-state index in [4.69, 9.17) is 0 Å². The normalized spacial score (nSPS) is 18.2. The zero-order chi connectivity index (χ0) is 14.6. The summed E-state index contributed by atoms with van der Waals surface area (Å²) in [5, 5.41) is 0. The Kier molecular flexibility index (Phi) is 13.5. The molecule has 1 nitrogen and oxygen atoms in total. The van der Waals surface area contributed by atoms with Crippen LogP contribution in [0.5, 0.6) is 0 Å². The Morgan fingerprint density at radius 1 is 0.952 bits per heavy atom. The minimum absolute atomic E-state index is 0. The molecule has 0 aliphatic carbocycles. The van der Waals surface area contributed by atoms with Gasteiger partial charge < -0.3 is 4.90 Å². The standard InChI is InChI=1S/C19H34N.Li/c1-4-18(2)13-11-14-19(3)12-7-10-17-20-15-8-5-6-9-16-20;/h4,14H,1,5-13,15-17H2,2-3H3;/q-1;+1/b18-4+,19-14-;. The molecule has 0 unspecified atom stereocenters. The molecule has 0 spiro atoms. The van der Waals surface area contributed by atoms with E-state index in [9.17, 15) is 0 Å². The number of nitrogens with zero attached hydrogens (tertiary/aromatic N) is 1. The van der Waals surface area contributed by atoms with Crippen molar-refractivity contribution >= 4 is 0 Å². The van der Waals surface area contributed by atoms with Crippen LogP contribution in [-0.4, -0.2) is 24.5 Å². The number of hydrogen-bond acceptors (Lipinski definition) is 1. The van der Waals surface area contributed by atoms with Gasteiger partial charge in [0.15, 0.2) is 0 Å². The second-order valence-corrected chi connectivity index (χ2v) is 6.35. The number of unbranched alkanes of at least 4 members (excludes halogenated alkanes) is 1. The third-order valence-electron chi connectivity index (χ3n) is 4.37. The summed E-state index contributed by atoms with van der Waals surface area (Å²) >= 11 is 0. The van der Waals surface area contributed by atoms with Crippen molar-refractivity contribution in [2.45, 2.75) is 71.6 Å². The van der Waals surface area contributed by atoms with E-state index in [1.807, 2.05) is 6.08 Å². The molecule has 0 bridgehead atoms. The van der Waals surface area contributed by atoms with Gasteiger partial charge in [0, 0.05) is 0 Å². The summed E-state index contributed by atoms with van der Waals surface area (Å²) in [6.45, 7) is 12.3. The van der Waals surface area contributed by atoms with Crippen molar-refractivity contribution in [3.05, 3.63) is 30.2 Å². The first kappa shape index (κ1) is 20.9. The van der Waals surface area contributed by atoms with Crippen LogP contribution in [0.15, 0.2) is 23.3 Å². The third-order valence-corrected chi connectivity index (χ3v) is 4.37. The maximum Gasteiger partial charge on any atom is 1.00 e. The largest absolute Gasteiger partial charge is 1.00 e. The smallest absolute Gasteiger partial charge is 0.303 e. The third kappa shape index (κ3) is 11.2. The SMILES string of the molecule is [CH2-]/C=C(\C)CC/C=C(/C)CCCCN1CCCCCC1.[Li+]. The van der Waals surface area contributed by atoms with Crippen molar-refractivity contribution in [3.63, 3.8) is 0 Å². The molecule has 0 aromatic carbocycles. The molecule has 1 aliphatic rings. The van der Waals surface area contributed by atoms with Gasteiger partial charge in [-0.1, -0.05) is 30.9 Å². The minimum atomic E-state index is 0. The van der Waals surface area contributed by atoms with Crippen LogP contribution in [0.2, 0.25) is 0 Å². The first-order valence-corrected chi connectivity index (χ1v) is 8.55. The van der Waals surface area contributed by atoms with Crippen molar-refractivity contribution in [3.8, 4) is 0 Å². The predicted molar refractivity (Wildman–Crippen MR) is 90.9 cm³/mol. The minimum Gasteiger partial charge on any atom is -0.303 e. The fourth-order valence-electron chi connectivity index (χ4n) is 2.85. The van der Waals surface area contributed by atoms with Crippen LogP contribution in [0.3, 0.4) is 0 Å². The van der Waals surface area contributed by atoms with Crippen molar-refractivity contribution in [1.82, 2.24) is 4.90 Å². The summed E-state index contributed by atoms with van der Waals surface area (Å²) in [6, 6.07) is 0. The van der Waals surface area contributed by atoms with E-state index in [0.29, 0.717) is 0 Å². The Morgan fingerprint density at radius 2 is 1.62 bits per heavy atom. The molecule has 2 heteroatoms. The van der Waals surface area contributed by atoms with Gasteiger partial charge in [-0.05, 0) is 65.1 Å². The van der Waals surface area contributed by atoms with Crippen LogP contribution in [0, 0.1) is 6.92 Å². The number of rotatable bonds is 8. The molecule has 21 heavy (non-hydrogen) atoms. The molecule has 0 atom stereocenters. The van der Waals surface area contributed by atoms with E-state index in [1.54, 1.807) is 5.57 Å². The van der Waals surface area contributed by atoms with Crippen LogP contribution >= 0.6 is 0 Å². The van der Waals surface area contributed by atoms with Gasteiger partial charge in [0.2, 0.25) is 0 Å². The molecular weight excluding hydrogens is 249 g/mol. The van der Waals surface area contributed by atoms with Gasteiger partial charge in [0.1, 0.15) is 0 Å². The van der Waals surface area contributed by atoms with Crippen LogP contribution in [-0.2, 0) is 0 Å². The molecule has 0 aromatic heterocycles. The predicted octanol–water partition coefficient (Wildman–Crippen LogP) is 2.54. The molecule has 116 valence electrons. The van der Waals surface area contributed by atoms with E-state index in [-0.39, 0.29) is 18.9 Å². The van der Waals surface area contributed by atoms with Gasteiger partial charge in [-0.25, -0.2) is 18.6 Å². The molecule has 1 aliphatic heterocycles. The fourth-order valence-corrected chi connectivity index (χ4v) is 2.85. The second-order valence-electron chi connectivity index (χ2n) is 6.35. The van der Waals surface area contributed by atoms with Crippen molar-refractivity contribution in [2.75, 3.05) is 19.6 Å². The first-order valence-electron chi connectivity index (χ1n) is 8.55. The maximum absolute atomic E-state index is 3.81. The number of allylic oxidation sites excluding steroid dienone is 4. The monoisotopic (exact) mass is 283 g/mol. The van der Waals surface area contributed by atoms with Crippen molar-refractivity contribution in [1.29, 1.82) is 0 Å². The van der Waals surface area contributed by atoms with E-state index < -0.39 is 0 Å². The summed E-state index contributed by atoms with van der Waals surface area (Å²) in [5.41, 5.74) is 2.97. The number of likely N-dealkylation sites (tertiary alicyclic amines) is 1. The molecule has 0 aromatic rings. The van der Waals surface area contributed by atoms with Crippen molar-refractivity contribution in [2.24, 2.45) is 0 Å². The van der Waals surface area contributed by atoms with Crippen molar-refractivity contribution < 1.29 is 18.9 Å². The molecule has 1 fully saturated rings. The topological polar surface area (TPSA) is 3.24 Å². The van der Waals surface area contributed by atoms with E-state index in [0.717, 1.165) is 6.42 Å². The summed E-state index contributed by atoms with van der Waals surface area (Å²) < 4.78 is 0. The Bertz CT molecular complexity index is 299. The quantitative estimate of drug-likeness (QED) is 0.286. The Balaban J connectivity index is 0.00000400. The Morgan fingerprint density at radius 3 is 2.24 bits per heavy atom. The number of hydrogen-bond donors (Lipinski definition) is 0. The van der Waals surface area contributed by atoms with Crippen LogP contribution in [0.4, 0.5) is 0 Å². The van der Waals surface area contributed by atoms with Gasteiger partial charge in [-0.2, -0.15) is 0 Å². The van der Waals surface area contributed by atoms with Gasteiger partial charge in [-0.3, -0.25) is 0 Å². The Hall–Kier alpha value is -0.0926.